The van der Waals surface area contributed by atoms with Crippen LogP contribution in [0.4, 0.5) is 0 Å². The predicted octanol–water partition coefficient (Wildman–Crippen LogP) is 4.65. The van der Waals surface area contributed by atoms with Crippen molar-refractivity contribution in [3.8, 4) is 0 Å². The van der Waals surface area contributed by atoms with Crippen LogP contribution in [0.25, 0.3) is 0 Å². The molecule has 0 saturated carbocycles. The van der Waals surface area contributed by atoms with Crippen molar-refractivity contribution in [2.45, 2.75) is 12.3 Å². The second kappa shape index (κ2) is 5.57. The van der Waals surface area contributed by atoms with Crippen molar-refractivity contribution in [2.24, 2.45) is 0 Å². The molecule has 1 nitrogen and oxygen atoms in total. The molecule has 0 spiro atoms. The molecule has 0 atom stereocenters. The Morgan fingerprint density at radius 3 is 1.74 bits per heavy atom. The van der Waals surface area contributed by atoms with E-state index in [4.69, 9.17) is 4.42 Å². The molecule has 0 amide bonds. The highest BCUT2D eigenvalue weighted by Gasteiger charge is 2.15. The van der Waals surface area contributed by atoms with E-state index in [1.807, 2.05) is 12.1 Å². The monoisotopic (exact) mass is 248 g/mol. The van der Waals surface area contributed by atoms with Gasteiger partial charge < -0.3 is 4.42 Å². The standard InChI is InChI=1S/C18H16O/c1-3-8-15(9-4-1)18(14-17-12-7-13-19-17)16-10-5-2-6-11-16/h1-13,18H,14H2. The first-order chi connectivity index (χ1) is 9.43. The Morgan fingerprint density at radius 1 is 0.684 bits per heavy atom. The molecule has 0 aliphatic carbocycles. The number of hydrogen-bond acceptors (Lipinski definition) is 1. The van der Waals surface area contributed by atoms with Crippen molar-refractivity contribution < 1.29 is 4.42 Å². The van der Waals surface area contributed by atoms with E-state index in [2.05, 4.69) is 60.7 Å². The summed E-state index contributed by atoms with van der Waals surface area (Å²) in [7, 11) is 0. The van der Waals surface area contributed by atoms with E-state index in [9.17, 15) is 0 Å². The average Bonchev–Trinajstić information content (AvgIpc) is 3.00. The maximum Gasteiger partial charge on any atom is 0.104 e. The molecule has 1 aromatic heterocycles. The van der Waals surface area contributed by atoms with Gasteiger partial charge in [-0.25, -0.2) is 0 Å². The molecule has 0 saturated heterocycles. The fourth-order valence-corrected chi connectivity index (χ4v) is 2.43. The van der Waals surface area contributed by atoms with Gasteiger partial charge in [0.15, 0.2) is 0 Å². The summed E-state index contributed by atoms with van der Waals surface area (Å²) in [5.41, 5.74) is 2.65. The predicted molar refractivity (Wildman–Crippen MR) is 77.1 cm³/mol. The fourth-order valence-electron chi connectivity index (χ4n) is 2.43. The van der Waals surface area contributed by atoms with Crippen molar-refractivity contribution in [2.75, 3.05) is 0 Å². The minimum absolute atomic E-state index is 0.341. The first-order valence-electron chi connectivity index (χ1n) is 6.56. The lowest BCUT2D eigenvalue weighted by Crippen LogP contribution is -2.04. The van der Waals surface area contributed by atoms with E-state index in [0.29, 0.717) is 5.92 Å². The number of furan rings is 1. The third-order valence-electron chi connectivity index (χ3n) is 3.39. The van der Waals surface area contributed by atoms with E-state index < -0.39 is 0 Å². The molecule has 0 N–H and O–H groups in total. The van der Waals surface area contributed by atoms with Gasteiger partial charge >= 0.3 is 0 Å². The topological polar surface area (TPSA) is 13.1 Å². The second-order valence-electron chi connectivity index (χ2n) is 4.66. The van der Waals surface area contributed by atoms with Gasteiger partial charge in [0.1, 0.15) is 5.76 Å². The number of hydrogen-bond donors (Lipinski definition) is 0. The van der Waals surface area contributed by atoms with Gasteiger partial charge in [-0.2, -0.15) is 0 Å². The maximum atomic E-state index is 5.51. The van der Waals surface area contributed by atoms with Gasteiger partial charge in [-0.05, 0) is 23.3 Å². The Kier molecular flexibility index (Phi) is 3.46. The molecule has 1 heteroatoms. The Bertz CT molecular complexity index is 557. The largest absolute Gasteiger partial charge is 0.469 e. The summed E-state index contributed by atoms with van der Waals surface area (Å²) in [5, 5.41) is 0. The van der Waals surface area contributed by atoms with E-state index in [-0.39, 0.29) is 0 Å². The van der Waals surface area contributed by atoms with Crippen LogP contribution in [-0.4, -0.2) is 0 Å². The van der Waals surface area contributed by atoms with Crippen molar-refractivity contribution in [3.63, 3.8) is 0 Å². The molecule has 0 aliphatic heterocycles. The van der Waals surface area contributed by atoms with Crippen LogP contribution >= 0.6 is 0 Å². The van der Waals surface area contributed by atoms with E-state index in [1.165, 1.54) is 11.1 Å². The molecule has 0 fully saturated rings. The van der Waals surface area contributed by atoms with Gasteiger partial charge in [0.05, 0.1) is 6.26 Å². The summed E-state index contributed by atoms with van der Waals surface area (Å²) < 4.78 is 5.51. The van der Waals surface area contributed by atoms with Crippen LogP contribution in [0.1, 0.15) is 22.8 Å². The summed E-state index contributed by atoms with van der Waals surface area (Å²) in [6.07, 6.45) is 2.63. The van der Waals surface area contributed by atoms with Gasteiger partial charge in [-0.15, -0.1) is 0 Å². The molecule has 0 aliphatic rings. The molecule has 0 bridgehead atoms. The van der Waals surface area contributed by atoms with Crippen molar-refractivity contribution in [3.05, 3.63) is 95.9 Å². The lowest BCUT2D eigenvalue weighted by atomic mass is 9.88. The van der Waals surface area contributed by atoms with Crippen molar-refractivity contribution >= 4 is 0 Å². The summed E-state index contributed by atoms with van der Waals surface area (Å²) >= 11 is 0. The zero-order chi connectivity index (χ0) is 12.9. The summed E-state index contributed by atoms with van der Waals surface area (Å²) in [4.78, 5) is 0. The Labute approximate surface area is 113 Å². The summed E-state index contributed by atoms with van der Waals surface area (Å²) in [5.74, 6) is 1.37. The molecule has 0 radical (unpaired) electrons. The average molecular weight is 248 g/mol. The summed E-state index contributed by atoms with van der Waals surface area (Å²) in [6.45, 7) is 0. The van der Waals surface area contributed by atoms with Gasteiger partial charge in [0.2, 0.25) is 0 Å². The highest BCUT2D eigenvalue weighted by atomic mass is 16.3. The molecule has 2 aromatic carbocycles. The van der Waals surface area contributed by atoms with Gasteiger partial charge in [0, 0.05) is 12.3 Å². The van der Waals surface area contributed by atoms with Gasteiger partial charge in [0.25, 0.3) is 0 Å². The first kappa shape index (κ1) is 11.8. The Balaban J connectivity index is 1.96. The molecule has 94 valence electrons. The third kappa shape index (κ3) is 2.76. The fraction of sp³-hybridized carbons (Fsp3) is 0.111. The minimum atomic E-state index is 0.341. The summed E-state index contributed by atoms with van der Waals surface area (Å²) in [6, 6.07) is 25.2. The molecule has 0 unspecified atom stereocenters. The zero-order valence-electron chi connectivity index (χ0n) is 10.7. The van der Waals surface area contributed by atoms with Crippen LogP contribution in [0.2, 0.25) is 0 Å². The van der Waals surface area contributed by atoms with Gasteiger partial charge in [-0.3, -0.25) is 0 Å². The normalized spacial score (nSPS) is 10.8. The van der Waals surface area contributed by atoms with Crippen LogP contribution in [0.3, 0.4) is 0 Å². The molecule has 3 rings (SSSR count). The molecule has 3 aromatic rings. The van der Waals surface area contributed by atoms with Crippen molar-refractivity contribution in [1.82, 2.24) is 0 Å². The number of rotatable bonds is 4. The zero-order valence-corrected chi connectivity index (χ0v) is 10.7. The van der Waals surface area contributed by atoms with Crippen LogP contribution in [0, 0.1) is 0 Å². The minimum Gasteiger partial charge on any atom is -0.469 e. The first-order valence-corrected chi connectivity index (χ1v) is 6.56. The third-order valence-corrected chi connectivity index (χ3v) is 3.39. The second-order valence-corrected chi connectivity index (χ2v) is 4.66. The SMILES string of the molecule is c1ccc(C(Cc2ccco2)c2ccccc2)cc1. The van der Waals surface area contributed by atoms with E-state index >= 15 is 0 Å². The van der Waals surface area contributed by atoms with E-state index in [0.717, 1.165) is 12.2 Å². The highest BCUT2D eigenvalue weighted by molar-refractivity contribution is 5.33. The molecular formula is C18H16O. The molecular weight excluding hydrogens is 232 g/mol. The lowest BCUT2D eigenvalue weighted by molar-refractivity contribution is 0.498. The lowest BCUT2D eigenvalue weighted by Gasteiger charge is -2.16. The van der Waals surface area contributed by atoms with Crippen LogP contribution in [0.15, 0.2) is 83.5 Å². The Morgan fingerprint density at radius 2 is 1.26 bits per heavy atom. The maximum absolute atomic E-state index is 5.51. The smallest absolute Gasteiger partial charge is 0.104 e. The molecule has 19 heavy (non-hydrogen) atoms. The molecule has 1 heterocycles. The van der Waals surface area contributed by atoms with Crippen LogP contribution in [-0.2, 0) is 6.42 Å². The highest BCUT2D eigenvalue weighted by Crippen LogP contribution is 2.28. The van der Waals surface area contributed by atoms with E-state index in [1.54, 1.807) is 6.26 Å². The van der Waals surface area contributed by atoms with Crippen LogP contribution < -0.4 is 0 Å². The van der Waals surface area contributed by atoms with Gasteiger partial charge in [-0.1, -0.05) is 60.7 Å². The quantitative estimate of drug-likeness (QED) is 0.654. The van der Waals surface area contributed by atoms with Crippen LogP contribution in [0.5, 0.6) is 0 Å². The number of benzene rings is 2. The van der Waals surface area contributed by atoms with Crippen molar-refractivity contribution in [1.29, 1.82) is 0 Å². The Hall–Kier alpha value is -2.28.